The maximum atomic E-state index is 13.6. The smallest absolute Gasteiger partial charge is 0.338 e. The number of hydrogen-bond donors (Lipinski definition) is 0. The number of fused-ring (bicyclic) bond motifs is 1. The van der Waals surface area contributed by atoms with Gasteiger partial charge in [0.05, 0.1) is 5.69 Å². The molecule has 0 aromatic carbocycles. The van der Waals surface area contributed by atoms with Crippen molar-refractivity contribution in [2.45, 2.75) is 44.7 Å². The van der Waals surface area contributed by atoms with Gasteiger partial charge < -0.3 is 4.90 Å². The van der Waals surface area contributed by atoms with Crippen LogP contribution in [0, 0.1) is 0 Å². The van der Waals surface area contributed by atoms with E-state index in [4.69, 9.17) is 0 Å². The minimum absolute atomic E-state index is 0.109. The van der Waals surface area contributed by atoms with Crippen LogP contribution in [-0.2, 0) is 6.18 Å². The van der Waals surface area contributed by atoms with E-state index in [2.05, 4.69) is 15.1 Å². The van der Waals surface area contributed by atoms with Gasteiger partial charge in [-0.15, -0.1) is 0 Å². The Labute approximate surface area is 171 Å². The van der Waals surface area contributed by atoms with E-state index in [-0.39, 0.29) is 23.4 Å². The molecule has 1 fully saturated rings. The minimum Gasteiger partial charge on any atom is -0.338 e. The molecular weight excluding hydrogens is 395 g/mol. The fraction of sp³-hybridized carbons (Fsp3) is 0.429. The maximum absolute atomic E-state index is 13.6. The van der Waals surface area contributed by atoms with Gasteiger partial charge in [-0.25, -0.2) is 9.50 Å². The lowest BCUT2D eigenvalue weighted by molar-refractivity contribution is -0.142. The first-order valence-corrected chi connectivity index (χ1v) is 9.91. The lowest BCUT2D eigenvalue weighted by Crippen LogP contribution is -2.39. The zero-order valence-electron chi connectivity index (χ0n) is 16.7. The SMILES string of the molecule is CC(C)c1cc(C(F)(F)F)n2nc([C@@H]3CCCN(C(=O)c4ccncc4)C3)cc2n1. The summed E-state index contributed by atoms with van der Waals surface area (Å²) in [4.78, 5) is 22.8. The number of pyridine rings is 1. The summed E-state index contributed by atoms with van der Waals surface area (Å²) in [6, 6.07) is 5.99. The third-order valence-corrected chi connectivity index (χ3v) is 5.40. The number of aromatic nitrogens is 4. The maximum Gasteiger partial charge on any atom is 0.433 e. The van der Waals surface area contributed by atoms with Crippen molar-refractivity contribution in [3.63, 3.8) is 0 Å². The lowest BCUT2D eigenvalue weighted by Gasteiger charge is -2.32. The number of hydrogen-bond acceptors (Lipinski definition) is 4. The molecule has 1 atom stereocenters. The second kappa shape index (κ2) is 7.70. The number of carbonyl (C=O) groups excluding carboxylic acids is 1. The van der Waals surface area contributed by atoms with Crippen LogP contribution in [0.4, 0.5) is 13.2 Å². The minimum atomic E-state index is -4.54. The van der Waals surface area contributed by atoms with Gasteiger partial charge in [-0.1, -0.05) is 13.8 Å². The molecule has 1 aliphatic rings. The summed E-state index contributed by atoms with van der Waals surface area (Å²) < 4.78 is 41.7. The molecule has 0 bridgehead atoms. The lowest BCUT2D eigenvalue weighted by atomic mass is 9.94. The first-order valence-electron chi connectivity index (χ1n) is 9.91. The number of rotatable bonds is 3. The molecule has 6 nitrogen and oxygen atoms in total. The van der Waals surface area contributed by atoms with Crippen molar-refractivity contribution in [2.24, 2.45) is 0 Å². The molecule has 1 amide bonds. The van der Waals surface area contributed by atoms with Gasteiger partial charge in [0.2, 0.25) is 0 Å². The molecule has 9 heteroatoms. The summed E-state index contributed by atoms with van der Waals surface area (Å²) in [5.74, 6) is -0.394. The number of alkyl halides is 3. The Bertz CT molecular complexity index is 1060. The van der Waals surface area contributed by atoms with Crippen molar-refractivity contribution < 1.29 is 18.0 Å². The Kier molecular flexibility index (Phi) is 5.21. The van der Waals surface area contributed by atoms with Gasteiger partial charge >= 0.3 is 6.18 Å². The number of likely N-dealkylation sites (tertiary alicyclic amines) is 1. The van der Waals surface area contributed by atoms with E-state index in [0.717, 1.165) is 23.4 Å². The highest BCUT2D eigenvalue weighted by Crippen LogP contribution is 2.33. The highest BCUT2D eigenvalue weighted by Gasteiger charge is 2.36. The fourth-order valence-corrected chi connectivity index (χ4v) is 3.79. The van der Waals surface area contributed by atoms with E-state index in [1.165, 1.54) is 0 Å². The predicted octanol–water partition coefficient (Wildman–Crippen LogP) is 4.29. The molecule has 0 unspecified atom stereocenters. The molecule has 0 aliphatic carbocycles. The topological polar surface area (TPSA) is 63.4 Å². The van der Waals surface area contributed by atoms with Crippen LogP contribution >= 0.6 is 0 Å². The van der Waals surface area contributed by atoms with Gasteiger partial charge in [0, 0.05) is 48.7 Å². The zero-order valence-corrected chi connectivity index (χ0v) is 16.7. The van der Waals surface area contributed by atoms with E-state index in [0.29, 0.717) is 30.0 Å². The molecule has 0 radical (unpaired) electrons. The Morgan fingerprint density at radius 3 is 2.60 bits per heavy atom. The van der Waals surface area contributed by atoms with E-state index < -0.39 is 11.9 Å². The van der Waals surface area contributed by atoms with Crippen LogP contribution in [0.2, 0.25) is 0 Å². The van der Waals surface area contributed by atoms with E-state index >= 15 is 0 Å². The highest BCUT2D eigenvalue weighted by molar-refractivity contribution is 5.94. The van der Waals surface area contributed by atoms with Crippen LogP contribution in [0.5, 0.6) is 0 Å². The average Bonchev–Trinajstić information content (AvgIpc) is 3.16. The van der Waals surface area contributed by atoms with Crippen LogP contribution in [0.25, 0.3) is 5.65 Å². The largest absolute Gasteiger partial charge is 0.433 e. The van der Waals surface area contributed by atoms with E-state index in [9.17, 15) is 18.0 Å². The number of piperidine rings is 1. The predicted molar refractivity (Wildman–Crippen MR) is 104 cm³/mol. The molecular formula is C21H22F3N5O. The molecule has 30 heavy (non-hydrogen) atoms. The fourth-order valence-electron chi connectivity index (χ4n) is 3.79. The van der Waals surface area contributed by atoms with Crippen LogP contribution in [-0.4, -0.2) is 43.5 Å². The molecule has 4 heterocycles. The second-order valence-electron chi connectivity index (χ2n) is 7.88. The molecule has 0 N–H and O–H groups in total. The van der Waals surface area contributed by atoms with Gasteiger partial charge in [0.25, 0.3) is 5.91 Å². The summed E-state index contributed by atoms with van der Waals surface area (Å²) in [6.07, 6.45) is 0.0967. The van der Waals surface area contributed by atoms with Crippen molar-refractivity contribution in [1.29, 1.82) is 0 Å². The molecule has 3 aromatic heterocycles. The molecule has 1 saturated heterocycles. The standard InChI is InChI=1S/C21H22F3N5O/c1-13(2)16-10-18(21(22,23)24)29-19(26-16)11-17(27-29)15-4-3-9-28(12-15)20(30)14-5-7-25-8-6-14/h5-8,10-11,13,15H,3-4,9,12H2,1-2H3/t15-/m1/s1. The molecule has 1 aliphatic heterocycles. The first-order chi connectivity index (χ1) is 14.2. The monoisotopic (exact) mass is 417 g/mol. The molecule has 4 rings (SSSR count). The van der Waals surface area contributed by atoms with E-state index in [1.54, 1.807) is 49.3 Å². The summed E-state index contributed by atoms with van der Waals surface area (Å²) >= 11 is 0. The third kappa shape index (κ3) is 3.88. The van der Waals surface area contributed by atoms with Gasteiger partial charge in [-0.2, -0.15) is 18.3 Å². The number of nitrogens with zero attached hydrogens (tertiary/aromatic N) is 5. The average molecular weight is 417 g/mol. The van der Waals surface area contributed by atoms with E-state index in [1.807, 2.05) is 0 Å². The molecule has 0 saturated carbocycles. The quantitative estimate of drug-likeness (QED) is 0.638. The summed E-state index contributed by atoms with van der Waals surface area (Å²) in [6.45, 7) is 4.62. The van der Waals surface area contributed by atoms with Crippen molar-refractivity contribution in [3.8, 4) is 0 Å². The van der Waals surface area contributed by atoms with Crippen molar-refractivity contribution in [1.82, 2.24) is 24.5 Å². The van der Waals surface area contributed by atoms with Crippen LogP contribution in [0.1, 0.15) is 66.0 Å². The number of amides is 1. The molecule has 0 spiro atoms. The van der Waals surface area contributed by atoms with Crippen molar-refractivity contribution >= 4 is 11.6 Å². The van der Waals surface area contributed by atoms with Gasteiger partial charge in [0.1, 0.15) is 5.69 Å². The Morgan fingerprint density at radius 2 is 1.93 bits per heavy atom. The number of carbonyl (C=O) groups is 1. The molecule has 158 valence electrons. The van der Waals surface area contributed by atoms with Crippen LogP contribution in [0.3, 0.4) is 0 Å². The summed E-state index contributed by atoms with van der Waals surface area (Å²) in [5, 5.41) is 4.26. The molecule has 3 aromatic rings. The first kappa shape index (κ1) is 20.3. The summed E-state index contributed by atoms with van der Waals surface area (Å²) in [7, 11) is 0. The normalized spacial score (nSPS) is 17.7. The van der Waals surface area contributed by atoms with Crippen LogP contribution in [0.15, 0.2) is 36.7 Å². The second-order valence-corrected chi connectivity index (χ2v) is 7.88. The number of halogens is 3. The van der Waals surface area contributed by atoms with Crippen molar-refractivity contribution in [3.05, 3.63) is 59.3 Å². The Hall–Kier alpha value is -2.97. The third-order valence-electron chi connectivity index (χ3n) is 5.40. The van der Waals surface area contributed by atoms with Gasteiger partial charge in [-0.05, 0) is 37.0 Å². The highest BCUT2D eigenvalue weighted by atomic mass is 19.4. The van der Waals surface area contributed by atoms with Gasteiger partial charge in [-0.3, -0.25) is 9.78 Å². The zero-order chi connectivity index (χ0) is 21.5. The van der Waals surface area contributed by atoms with Crippen molar-refractivity contribution in [2.75, 3.05) is 13.1 Å². The Balaban J connectivity index is 1.66. The summed E-state index contributed by atoms with van der Waals surface area (Å²) in [5.41, 5.74) is 0.799. The Morgan fingerprint density at radius 1 is 1.20 bits per heavy atom. The van der Waals surface area contributed by atoms with Crippen LogP contribution < -0.4 is 0 Å². The van der Waals surface area contributed by atoms with Gasteiger partial charge in [0.15, 0.2) is 5.65 Å².